The first-order valence-electron chi connectivity index (χ1n) is 12.1. The summed E-state index contributed by atoms with van der Waals surface area (Å²) in [7, 11) is -1.93. The second-order valence-electron chi connectivity index (χ2n) is 9.59. The summed E-state index contributed by atoms with van der Waals surface area (Å²) in [6.45, 7) is 3.96. The summed E-state index contributed by atoms with van der Waals surface area (Å²) >= 11 is 0. The Balaban J connectivity index is 1.56. The molecule has 0 aliphatic carbocycles. The van der Waals surface area contributed by atoms with Gasteiger partial charge < -0.3 is 34.4 Å². The number of ether oxygens (including phenoxy) is 3. The van der Waals surface area contributed by atoms with Gasteiger partial charge >= 0.3 is 6.03 Å². The van der Waals surface area contributed by atoms with Gasteiger partial charge in [0.1, 0.15) is 11.9 Å². The number of carbonyl (C=O) groups is 2. The second kappa shape index (κ2) is 11.0. The van der Waals surface area contributed by atoms with Gasteiger partial charge in [-0.25, -0.2) is 13.2 Å². The molecule has 38 heavy (non-hydrogen) atoms. The first kappa shape index (κ1) is 27.3. The van der Waals surface area contributed by atoms with Crippen molar-refractivity contribution in [2.75, 3.05) is 49.8 Å². The average Bonchev–Trinajstić information content (AvgIpc) is 3.33. The third-order valence-electron chi connectivity index (χ3n) is 6.39. The Morgan fingerprint density at radius 2 is 1.84 bits per heavy atom. The topological polar surface area (TPSA) is 147 Å². The largest absolute Gasteiger partial charge is 0.487 e. The van der Waals surface area contributed by atoms with Gasteiger partial charge in [0.05, 0.1) is 31.0 Å². The maximum atomic E-state index is 13.4. The fraction of sp³-hybridized carbons (Fsp3) is 0.440. The average molecular weight is 549 g/mol. The van der Waals surface area contributed by atoms with Gasteiger partial charge in [0, 0.05) is 37.0 Å². The number of likely N-dealkylation sites (N-methyl/N-ethyl adjacent to an activating group) is 1. The van der Waals surface area contributed by atoms with Crippen LogP contribution in [0.15, 0.2) is 36.4 Å². The number of aliphatic hydroxyl groups excluding tert-OH is 1. The van der Waals surface area contributed by atoms with Crippen LogP contribution in [0.2, 0.25) is 0 Å². The number of urea groups is 1. The minimum absolute atomic E-state index is 0.130. The maximum Gasteiger partial charge on any atom is 0.321 e. The first-order valence-corrected chi connectivity index (χ1v) is 14.0. The number of hydrogen-bond acceptors (Lipinski definition) is 8. The van der Waals surface area contributed by atoms with E-state index < -0.39 is 28.1 Å². The lowest BCUT2D eigenvalue weighted by molar-refractivity contribution is 0.0371. The minimum Gasteiger partial charge on any atom is -0.487 e. The molecular formula is C25H32N4O8S. The van der Waals surface area contributed by atoms with Crippen LogP contribution in [0.25, 0.3) is 0 Å². The quantitative estimate of drug-likeness (QED) is 0.477. The highest BCUT2D eigenvalue weighted by molar-refractivity contribution is 7.92. The molecule has 13 heteroatoms. The number of aliphatic hydroxyl groups is 1. The van der Waals surface area contributed by atoms with Crippen LogP contribution in [0.4, 0.5) is 16.2 Å². The van der Waals surface area contributed by atoms with Crippen LogP contribution < -0.4 is 24.2 Å². The van der Waals surface area contributed by atoms with Gasteiger partial charge in [-0.2, -0.15) is 0 Å². The molecule has 2 aliphatic heterocycles. The summed E-state index contributed by atoms with van der Waals surface area (Å²) in [5.74, 6) is 0.809. The minimum atomic E-state index is -3.57. The van der Waals surface area contributed by atoms with Crippen molar-refractivity contribution in [1.29, 1.82) is 0 Å². The van der Waals surface area contributed by atoms with Crippen molar-refractivity contribution < 1.29 is 37.3 Å². The van der Waals surface area contributed by atoms with Crippen LogP contribution in [0.1, 0.15) is 24.2 Å². The van der Waals surface area contributed by atoms with Crippen molar-refractivity contribution in [2.24, 2.45) is 5.92 Å². The van der Waals surface area contributed by atoms with Crippen molar-refractivity contribution in [3.63, 3.8) is 0 Å². The fourth-order valence-electron chi connectivity index (χ4n) is 4.26. The molecule has 0 aromatic heterocycles. The maximum absolute atomic E-state index is 13.4. The van der Waals surface area contributed by atoms with Crippen molar-refractivity contribution in [3.8, 4) is 17.2 Å². The molecule has 3 amide bonds. The standard InChI is InChI=1S/C25H32N4O8S/c1-15-11-29(16(2)13-30)24(31)19-9-18(27-38(4,33)34)6-7-20(19)37-23(15)12-28(3)25(32)26-17-5-8-21-22(10-17)36-14-35-21/h5-10,15-16,23,27,30H,11-14H2,1-4H3,(H,26,32)/t15-,16+,23+/m1/s1. The summed E-state index contributed by atoms with van der Waals surface area (Å²) < 4.78 is 42.8. The third-order valence-corrected chi connectivity index (χ3v) is 7.00. The summed E-state index contributed by atoms with van der Waals surface area (Å²) in [6.07, 6.45) is 0.501. The van der Waals surface area contributed by atoms with Crippen LogP contribution in [0.3, 0.4) is 0 Å². The Kier molecular flexibility index (Phi) is 7.88. The molecule has 0 spiro atoms. The zero-order chi connectivity index (χ0) is 27.6. The summed E-state index contributed by atoms with van der Waals surface area (Å²) in [6, 6.07) is 8.70. The molecular weight excluding hydrogens is 516 g/mol. The van der Waals surface area contributed by atoms with E-state index in [-0.39, 0.29) is 55.4 Å². The fourth-order valence-corrected chi connectivity index (χ4v) is 4.82. The predicted molar refractivity (Wildman–Crippen MR) is 140 cm³/mol. The van der Waals surface area contributed by atoms with Crippen LogP contribution in [-0.2, 0) is 10.0 Å². The summed E-state index contributed by atoms with van der Waals surface area (Å²) in [4.78, 5) is 29.4. The number of nitrogens with zero attached hydrogens (tertiary/aromatic N) is 2. The SMILES string of the molecule is C[C@@H]1CN([C@@H](C)CO)C(=O)c2cc(NS(C)(=O)=O)ccc2O[C@H]1CN(C)C(=O)Nc1ccc2c(c1)OCO2. The molecule has 0 bridgehead atoms. The van der Waals surface area contributed by atoms with Gasteiger partial charge in [0.25, 0.3) is 5.91 Å². The number of amides is 3. The lowest BCUT2D eigenvalue weighted by Gasteiger charge is -2.38. The van der Waals surface area contributed by atoms with Gasteiger partial charge in [0.2, 0.25) is 16.8 Å². The van der Waals surface area contributed by atoms with E-state index in [0.29, 0.717) is 17.2 Å². The number of sulfonamides is 1. The molecule has 3 N–H and O–H groups in total. The van der Waals surface area contributed by atoms with Gasteiger partial charge in [-0.3, -0.25) is 9.52 Å². The molecule has 4 rings (SSSR count). The Bertz CT molecular complexity index is 1320. The molecule has 0 saturated heterocycles. The predicted octanol–water partition coefficient (Wildman–Crippen LogP) is 2.17. The first-order chi connectivity index (χ1) is 17.9. The number of benzene rings is 2. The zero-order valence-corrected chi connectivity index (χ0v) is 22.4. The second-order valence-corrected chi connectivity index (χ2v) is 11.3. The molecule has 206 valence electrons. The highest BCUT2D eigenvalue weighted by atomic mass is 32.2. The third kappa shape index (κ3) is 6.22. The number of hydrogen-bond donors (Lipinski definition) is 3. The molecule has 12 nitrogen and oxygen atoms in total. The van der Waals surface area contributed by atoms with E-state index in [0.717, 1.165) is 6.26 Å². The highest BCUT2D eigenvalue weighted by Gasteiger charge is 2.34. The number of carbonyl (C=O) groups excluding carboxylic acids is 2. The van der Waals surface area contributed by atoms with Gasteiger partial charge in [0.15, 0.2) is 11.5 Å². The van der Waals surface area contributed by atoms with Crippen LogP contribution in [0, 0.1) is 5.92 Å². The lowest BCUT2D eigenvalue weighted by Crippen LogP contribution is -2.50. The highest BCUT2D eigenvalue weighted by Crippen LogP contribution is 2.34. The van der Waals surface area contributed by atoms with E-state index in [9.17, 15) is 23.1 Å². The molecule has 2 heterocycles. The molecule has 2 aliphatic rings. The van der Waals surface area contributed by atoms with Crippen LogP contribution in [-0.4, -0.2) is 87.2 Å². The molecule has 2 aromatic carbocycles. The van der Waals surface area contributed by atoms with E-state index in [4.69, 9.17) is 14.2 Å². The van der Waals surface area contributed by atoms with Gasteiger partial charge in [-0.15, -0.1) is 0 Å². The van der Waals surface area contributed by atoms with Gasteiger partial charge in [-0.1, -0.05) is 6.92 Å². The number of fused-ring (bicyclic) bond motifs is 2. The Hall–Kier alpha value is -3.71. The Morgan fingerprint density at radius 1 is 1.16 bits per heavy atom. The van der Waals surface area contributed by atoms with Crippen LogP contribution in [0.5, 0.6) is 17.2 Å². The normalized spacial score (nSPS) is 19.5. The van der Waals surface area contributed by atoms with Crippen molar-refractivity contribution >= 4 is 33.3 Å². The molecule has 0 fully saturated rings. The monoisotopic (exact) mass is 548 g/mol. The van der Waals surface area contributed by atoms with Gasteiger partial charge in [-0.05, 0) is 37.3 Å². The zero-order valence-electron chi connectivity index (χ0n) is 21.6. The number of rotatable bonds is 7. The smallest absolute Gasteiger partial charge is 0.321 e. The Labute approximate surface area is 221 Å². The van der Waals surface area contributed by atoms with Crippen molar-refractivity contribution in [1.82, 2.24) is 9.80 Å². The van der Waals surface area contributed by atoms with E-state index in [2.05, 4.69) is 10.0 Å². The lowest BCUT2D eigenvalue weighted by atomic mass is 9.99. The molecule has 0 radical (unpaired) electrons. The molecule has 0 saturated carbocycles. The molecule has 3 atom stereocenters. The summed E-state index contributed by atoms with van der Waals surface area (Å²) in [5.41, 5.74) is 0.913. The van der Waals surface area contributed by atoms with E-state index in [1.165, 1.54) is 28.0 Å². The number of anilines is 2. The molecule has 0 unspecified atom stereocenters. The molecule has 2 aromatic rings. The van der Waals surface area contributed by atoms with Crippen LogP contribution >= 0.6 is 0 Å². The van der Waals surface area contributed by atoms with E-state index >= 15 is 0 Å². The Morgan fingerprint density at radius 3 is 2.55 bits per heavy atom. The van der Waals surface area contributed by atoms with Crippen molar-refractivity contribution in [2.45, 2.75) is 26.0 Å². The number of nitrogens with one attached hydrogen (secondary N) is 2. The van der Waals surface area contributed by atoms with E-state index in [1.807, 2.05) is 6.92 Å². The van der Waals surface area contributed by atoms with Crippen molar-refractivity contribution in [3.05, 3.63) is 42.0 Å². The van der Waals surface area contributed by atoms with E-state index in [1.54, 1.807) is 32.2 Å². The summed E-state index contributed by atoms with van der Waals surface area (Å²) in [5, 5.41) is 12.6.